The molecule has 22 rings (SSSR count). The standard InChI is InChI=1S/C21H25F2N7O2.2C18H23F2N7O2.C17H20F3N7O2.C17H21F2N7O2/c22-18(23)15-5-17(24)25-6-16(15)19-26-20(29-11-1-2-12(29)8-31-7-11)28-21(27-19)30-13-3-4-14(30)10-32-9-13;2*1-11-10-29-7-4-27(11)18-24-16(13-9-22-14(21)8-12(13)15(19)20)23-17(25-18)26-2-5-28-6-3-26;18-17(19,20)12-9-13(21)22-10-11(12)14-23-15(26-1-5-28-6-2-26)25-16(24-14)27-3-7-29-8-4-27;18-14(19)11-9-13(20)21-10-12(11)15-22-16(25-1-5-27-6-2-25)24-17(23-15)26-3-7-28-8-4-26/h5-6,11-14,18H,1-4,7-10H2,(H2,24,25);2*8-9,11,15H,2-7,10H2,1H3,(H2,21,22);9-10H,1-8H2,(H2,21,22);9-10,14H,1-8H2,(H2,20,21)/t;2*11-;;/m.10../s1. The summed E-state index contributed by atoms with van der Waals surface area (Å²) in [5.74, 6) is 4.71. The number of rotatable bonds is 19. The van der Waals surface area contributed by atoms with Crippen LogP contribution in [0.4, 0.5) is 137 Å². The fourth-order valence-corrected chi connectivity index (χ4v) is 18.6. The quantitative estimate of drug-likeness (QED) is 0.0487. The third-order valence-electron chi connectivity index (χ3n) is 26.2. The normalized spacial score (nSPS) is 21.4. The van der Waals surface area contributed by atoms with Gasteiger partial charge in [-0.1, -0.05) is 0 Å². The van der Waals surface area contributed by atoms with E-state index in [0.717, 1.165) is 56.1 Å². The van der Waals surface area contributed by atoms with Gasteiger partial charge in [0.1, 0.15) is 29.1 Å². The molecule has 12 aliphatic heterocycles. The number of aromatic nitrogens is 20. The number of anilines is 15. The van der Waals surface area contributed by atoms with Crippen LogP contribution in [0.3, 0.4) is 0 Å². The van der Waals surface area contributed by atoms with Crippen LogP contribution in [0.1, 0.15) is 93.0 Å². The van der Waals surface area contributed by atoms with Crippen LogP contribution in [0.2, 0.25) is 0 Å². The minimum Gasteiger partial charge on any atom is -0.384 e. The Morgan fingerprint density at radius 3 is 0.714 bits per heavy atom. The molecule has 12 saturated heterocycles. The van der Waals surface area contributed by atoms with Crippen LogP contribution in [0.5, 0.6) is 0 Å². The number of fused-ring (bicyclic) bond motifs is 4. The summed E-state index contributed by atoms with van der Waals surface area (Å²) in [5, 5.41) is 0. The van der Waals surface area contributed by atoms with E-state index in [1.807, 2.05) is 53.0 Å². The predicted molar refractivity (Wildman–Crippen MR) is 516 cm³/mol. The van der Waals surface area contributed by atoms with E-state index < -0.39 is 37.4 Å². The van der Waals surface area contributed by atoms with Crippen LogP contribution < -0.4 is 77.7 Å². The third-order valence-corrected chi connectivity index (χ3v) is 26.2. The number of halogens is 11. The Hall–Kier alpha value is -13.4. The van der Waals surface area contributed by atoms with Crippen molar-refractivity contribution in [2.45, 2.75) is 108 Å². The van der Waals surface area contributed by atoms with Crippen molar-refractivity contribution in [1.82, 2.24) is 99.7 Å². The third kappa shape index (κ3) is 24.9. The molecule has 10 N–H and O–H groups in total. The van der Waals surface area contributed by atoms with E-state index >= 15 is 0 Å². The molecule has 788 valence electrons. The molecule has 4 bridgehead atoms. The van der Waals surface area contributed by atoms with E-state index in [4.69, 9.17) is 81.0 Å². The number of hydrogen-bond donors (Lipinski definition) is 5. The van der Waals surface area contributed by atoms with Crippen LogP contribution in [0.15, 0.2) is 61.3 Å². The van der Waals surface area contributed by atoms with Crippen LogP contribution in [-0.2, 0) is 53.5 Å². The largest absolute Gasteiger partial charge is 0.417 e. The molecular weight excluding hydrogens is 1950 g/mol. The molecular formula is C91H112F11N35O10. The molecule has 0 radical (unpaired) electrons. The van der Waals surface area contributed by atoms with E-state index in [2.05, 4.69) is 104 Å². The van der Waals surface area contributed by atoms with E-state index in [1.165, 1.54) is 30.9 Å². The van der Waals surface area contributed by atoms with Gasteiger partial charge in [0.25, 0.3) is 25.7 Å². The molecule has 45 nitrogen and oxygen atoms in total. The zero-order valence-corrected chi connectivity index (χ0v) is 80.5. The van der Waals surface area contributed by atoms with Crippen LogP contribution >= 0.6 is 0 Å². The minimum absolute atomic E-state index is 0.0218. The van der Waals surface area contributed by atoms with Crippen LogP contribution in [-0.4, -0.2) is 360 Å². The maximum Gasteiger partial charge on any atom is 0.417 e. The summed E-state index contributed by atoms with van der Waals surface area (Å²) >= 11 is 0. The molecule has 10 aromatic rings. The molecule has 6 atom stereocenters. The Morgan fingerprint density at radius 1 is 0.259 bits per heavy atom. The van der Waals surface area contributed by atoms with E-state index in [-0.39, 0.29) is 145 Å². The first-order valence-corrected chi connectivity index (χ1v) is 48.3. The molecule has 0 saturated carbocycles. The van der Waals surface area contributed by atoms with Crippen LogP contribution in [0.25, 0.3) is 56.9 Å². The maximum atomic E-state index is 13.9. The summed E-state index contributed by atoms with van der Waals surface area (Å²) in [6.07, 6.45) is -5.29. The Morgan fingerprint density at radius 2 is 0.469 bits per heavy atom. The fourth-order valence-electron chi connectivity index (χ4n) is 18.6. The van der Waals surface area contributed by atoms with E-state index in [9.17, 15) is 48.3 Å². The van der Waals surface area contributed by atoms with Crippen LogP contribution in [0, 0.1) is 0 Å². The van der Waals surface area contributed by atoms with Gasteiger partial charge in [-0.25, -0.2) is 60.0 Å². The molecule has 12 aliphatic rings. The van der Waals surface area contributed by atoms with Crippen molar-refractivity contribution < 1.29 is 95.7 Å². The van der Waals surface area contributed by atoms with Gasteiger partial charge in [0.05, 0.1) is 180 Å². The lowest BCUT2D eigenvalue weighted by Crippen LogP contribution is -2.48. The van der Waals surface area contributed by atoms with Gasteiger partial charge < -0.3 is 125 Å². The first-order chi connectivity index (χ1) is 71.2. The number of hydrogen-bond acceptors (Lipinski definition) is 45. The van der Waals surface area contributed by atoms with Gasteiger partial charge in [0.2, 0.25) is 59.5 Å². The first-order valence-electron chi connectivity index (χ1n) is 48.3. The highest BCUT2D eigenvalue weighted by Gasteiger charge is 2.45. The molecule has 147 heavy (non-hydrogen) atoms. The van der Waals surface area contributed by atoms with Gasteiger partial charge in [-0.3, -0.25) is 0 Å². The Balaban J connectivity index is 0.000000120. The van der Waals surface area contributed by atoms with Gasteiger partial charge in [-0.15, -0.1) is 0 Å². The second kappa shape index (κ2) is 47.2. The summed E-state index contributed by atoms with van der Waals surface area (Å²) in [6.45, 7) is 23.3. The number of morpholine rings is 10. The summed E-state index contributed by atoms with van der Waals surface area (Å²) in [6, 6.07) is 6.29. The molecule has 22 heterocycles. The van der Waals surface area contributed by atoms with Crippen molar-refractivity contribution in [3.05, 3.63) is 89.1 Å². The first kappa shape index (κ1) is 104. The number of ether oxygens (including phenoxy) is 10. The average Bonchev–Trinajstić information content (AvgIpc) is 1.62. The van der Waals surface area contributed by atoms with Gasteiger partial charge in [0, 0.05) is 167 Å². The monoisotopic (exact) mass is 2060 g/mol. The number of nitrogens with two attached hydrogens (primary N) is 5. The lowest BCUT2D eigenvalue weighted by atomic mass is 10.1. The molecule has 0 aliphatic carbocycles. The SMILES string of the molecule is C[C@@H]1COCCN1c1nc(-c2cnc(N)cc2C(F)F)nc(N2CCOCC2)n1.C[C@H]1COCCN1c1nc(-c2cnc(N)cc2C(F)F)nc(N2CCOCC2)n1.Nc1cc(C(F)(F)F)c(-c2nc(N3CCOCC3)nc(N3CCOCC3)n2)cn1.Nc1cc(C(F)F)c(-c2nc(N3C4CCC3COC4)nc(N3C4CCC3COC4)n2)cn1.Nc1cc(C(F)F)c(-c2nc(N3CCOCC3)nc(N3CCOCC3)n2)cn1. The summed E-state index contributed by atoms with van der Waals surface area (Å²) in [7, 11) is 0. The van der Waals surface area contributed by atoms with E-state index in [1.54, 1.807) is 0 Å². The fraction of sp³-hybridized carbons (Fsp3) is 0.560. The van der Waals surface area contributed by atoms with Crippen molar-refractivity contribution in [2.75, 3.05) is 301 Å². The Bertz CT molecular complexity index is 5830. The lowest BCUT2D eigenvalue weighted by molar-refractivity contribution is -0.137. The highest BCUT2D eigenvalue weighted by Crippen LogP contribution is 2.44. The van der Waals surface area contributed by atoms with Gasteiger partial charge in [-0.05, 0) is 69.9 Å². The number of alkyl halides is 11. The molecule has 0 amide bonds. The van der Waals surface area contributed by atoms with Gasteiger partial charge in [0.15, 0.2) is 29.1 Å². The van der Waals surface area contributed by atoms with Crippen molar-refractivity contribution in [3.8, 4) is 56.9 Å². The smallest absolute Gasteiger partial charge is 0.384 e. The predicted octanol–water partition coefficient (Wildman–Crippen LogP) is 7.55. The summed E-state index contributed by atoms with van der Waals surface area (Å²) in [4.78, 5) is 108. The number of nitrogens with zero attached hydrogens (tertiary/aromatic N) is 30. The zero-order chi connectivity index (χ0) is 103. The molecule has 0 spiro atoms. The van der Waals surface area contributed by atoms with Crippen molar-refractivity contribution in [1.29, 1.82) is 0 Å². The second-order valence-corrected chi connectivity index (χ2v) is 35.9. The van der Waals surface area contributed by atoms with Gasteiger partial charge >= 0.3 is 6.18 Å². The maximum absolute atomic E-state index is 13.9. The summed E-state index contributed by atoms with van der Waals surface area (Å²) < 4.78 is 205. The topological polar surface area (TPSA) is 513 Å². The Labute approximate surface area is 835 Å². The summed E-state index contributed by atoms with van der Waals surface area (Å²) in [5.41, 5.74) is 26.5. The second-order valence-electron chi connectivity index (χ2n) is 35.9. The van der Waals surface area contributed by atoms with Crippen molar-refractivity contribution in [2.24, 2.45) is 0 Å². The highest BCUT2D eigenvalue weighted by molar-refractivity contribution is 5.70. The van der Waals surface area contributed by atoms with Crippen molar-refractivity contribution in [3.63, 3.8) is 0 Å². The minimum atomic E-state index is -4.63. The zero-order valence-electron chi connectivity index (χ0n) is 80.5. The molecule has 56 heteroatoms. The molecule has 12 fully saturated rings. The average molecular weight is 2070 g/mol. The number of pyridine rings is 5. The molecule has 0 aromatic carbocycles. The highest BCUT2D eigenvalue weighted by atomic mass is 19.4. The molecule has 4 unspecified atom stereocenters. The number of nitrogen functional groups attached to an aromatic ring is 5. The van der Waals surface area contributed by atoms with Crippen molar-refractivity contribution >= 4 is 88.6 Å². The lowest BCUT2D eigenvalue weighted by Gasteiger charge is -2.37. The Kier molecular flexibility index (Phi) is 33.3. The van der Waals surface area contributed by atoms with Gasteiger partial charge in [-0.2, -0.15) is 87.9 Å². The molecule has 10 aromatic heterocycles. The van der Waals surface area contributed by atoms with E-state index in [0.29, 0.717) is 283 Å².